The van der Waals surface area contributed by atoms with E-state index in [1.54, 1.807) is 11.9 Å². The molecule has 0 radical (unpaired) electrons. The smallest absolute Gasteiger partial charge is 0.229 e. The molecule has 1 unspecified atom stereocenters. The maximum Gasteiger partial charge on any atom is 0.229 e. The third kappa shape index (κ3) is 4.92. The molecule has 0 bridgehead atoms. The molecular weight excluding hydrogens is 402 g/mol. The van der Waals surface area contributed by atoms with Gasteiger partial charge in [-0.1, -0.05) is 0 Å². The van der Waals surface area contributed by atoms with Gasteiger partial charge in [0.05, 0.1) is 11.9 Å². The van der Waals surface area contributed by atoms with Gasteiger partial charge in [-0.2, -0.15) is 0 Å². The van der Waals surface area contributed by atoms with E-state index in [1.807, 2.05) is 13.1 Å². The van der Waals surface area contributed by atoms with Crippen molar-refractivity contribution in [3.63, 3.8) is 0 Å². The van der Waals surface area contributed by atoms with Crippen LogP contribution in [-0.2, 0) is 14.8 Å². The maximum absolute atomic E-state index is 13.9. The second-order valence-electron chi connectivity index (χ2n) is 6.99. The number of carbonyl (C=O) groups is 1. The van der Waals surface area contributed by atoms with Crippen molar-refractivity contribution >= 4 is 21.5 Å². The summed E-state index contributed by atoms with van der Waals surface area (Å²) < 4.78 is 58.5. The van der Waals surface area contributed by atoms with E-state index < -0.39 is 27.7 Å². The average Bonchev–Trinajstić information content (AvgIpc) is 2.57. The Morgan fingerprint density at radius 3 is 2.52 bits per heavy atom. The number of likely N-dealkylation sites (N-methyl/N-ethyl adjacent to an activating group) is 1. The van der Waals surface area contributed by atoms with E-state index in [0.29, 0.717) is 11.6 Å². The second kappa shape index (κ2) is 7.82. The first-order valence-corrected chi connectivity index (χ1v) is 10.6. The number of ketones is 1. The fourth-order valence-electron chi connectivity index (χ4n) is 3.27. The summed E-state index contributed by atoms with van der Waals surface area (Å²) in [5, 5.41) is 0. The summed E-state index contributed by atoms with van der Waals surface area (Å²) in [6.07, 6.45) is 3.04. The molecular formula is C20H20F2N2O4S. The highest BCUT2D eigenvalue weighted by atomic mass is 32.2. The van der Waals surface area contributed by atoms with Crippen LogP contribution < -0.4 is 9.46 Å². The van der Waals surface area contributed by atoms with E-state index in [1.165, 1.54) is 18.2 Å². The van der Waals surface area contributed by atoms with Crippen molar-refractivity contribution in [2.45, 2.75) is 19.4 Å². The lowest BCUT2D eigenvalue weighted by Crippen LogP contribution is -2.32. The number of hydrogen-bond donors (Lipinski definition) is 1. The second-order valence-corrected chi connectivity index (χ2v) is 8.74. The number of anilines is 1. The van der Waals surface area contributed by atoms with Gasteiger partial charge >= 0.3 is 0 Å². The number of allylic oxidation sites excluding steroid dienone is 1. The quantitative estimate of drug-likeness (QED) is 0.789. The van der Waals surface area contributed by atoms with E-state index in [0.717, 1.165) is 24.0 Å². The van der Waals surface area contributed by atoms with Gasteiger partial charge in [0.2, 0.25) is 10.0 Å². The molecule has 1 atom stereocenters. The number of carbonyl (C=O) groups excluding carboxylic acids is 1. The van der Waals surface area contributed by atoms with Crippen LogP contribution in [-0.4, -0.2) is 32.4 Å². The average molecular weight is 422 g/mol. The number of Topliss-reactive ketones (excluding diaryl/α,β-unsaturated/α-hetero) is 1. The lowest BCUT2D eigenvalue weighted by molar-refractivity contribution is -0.123. The van der Waals surface area contributed by atoms with Crippen LogP contribution in [0.25, 0.3) is 0 Å². The van der Waals surface area contributed by atoms with Crippen molar-refractivity contribution in [1.29, 1.82) is 0 Å². The van der Waals surface area contributed by atoms with Crippen LogP contribution in [0.15, 0.2) is 48.2 Å². The van der Waals surface area contributed by atoms with Crippen molar-refractivity contribution in [2.24, 2.45) is 0 Å². The van der Waals surface area contributed by atoms with Crippen molar-refractivity contribution in [3.8, 4) is 11.5 Å². The van der Waals surface area contributed by atoms with Gasteiger partial charge < -0.3 is 9.64 Å². The zero-order chi connectivity index (χ0) is 21.3. The molecule has 9 heteroatoms. The summed E-state index contributed by atoms with van der Waals surface area (Å²) >= 11 is 0. The number of halogens is 2. The van der Waals surface area contributed by atoms with E-state index in [-0.39, 0.29) is 29.4 Å². The Morgan fingerprint density at radius 2 is 1.90 bits per heavy atom. The van der Waals surface area contributed by atoms with Crippen LogP contribution in [0.1, 0.15) is 24.9 Å². The molecule has 0 saturated heterocycles. The highest BCUT2D eigenvalue weighted by Crippen LogP contribution is 2.37. The molecule has 0 amide bonds. The Kier molecular flexibility index (Phi) is 5.61. The Bertz CT molecular complexity index is 1100. The van der Waals surface area contributed by atoms with Crippen molar-refractivity contribution in [3.05, 3.63) is 65.4 Å². The predicted molar refractivity (Wildman–Crippen MR) is 105 cm³/mol. The summed E-state index contributed by atoms with van der Waals surface area (Å²) in [7, 11) is -1.89. The molecule has 0 aliphatic carbocycles. The zero-order valence-corrected chi connectivity index (χ0v) is 16.9. The van der Waals surface area contributed by atoms with Gasteiger partial charge in [-0.05, 0) is 49.0 Å². The summed E-state index contributed by atoms with van der Waals surface area (Å²) in [4.78, 5) is 14.4. The van der Waals surface area contributed by atoms with Gasteiger partial charge in [0.1, 0.15) is 17.6 Å². The van der Waals surface area contributed by atoms with E-state index in [9.17, 15) is 22.0 Å². The van der Waals surface area contributed by atoms with Crippen LogP contribution in [0.4, 0.5) is 14.5 Å². The molecule has 1 aliphatic heterocycles. The summed E-state index contributed by atoms with van der Waals surface area (Å²) in [6.45, 7) is 1.83. The van der Waals surface area contributed by atoms with E-state index in [4.69, 9.17) is 4.74 Å². The molecule has 0 spiro atoms. The minimum Gasteiger partial charge on any atom is -0.454 e. The molecule has 3 rings (SSSR count). The third-order valence-corrected chi connectivity index (χ3v) is 4.91. The third-order valence-electron chi connectivity index (χ3n) is 4.32. The Morgan fingerprint density at radius 1 is 1.17 bits per heavy atom. The first-order valence-electron chi connectivity index (χ1n) is 8.70. The van der Waals surface area contributed by atoms with Gasteiger partial charge in [-0.25, -0.2) is 17.2 Å². The molecule has 1 heterocycles. The van der Waals surface area contributed by atoms with Gasteiger partial charge in [-0.3, -0.25) is 9.52 Å². The van der Waals surface area contributed by atoms with Crippen LogP contribution in [0, 0.1) is 11.6 Å². The van der Waals surface area contributed by atoms with Gasteiger partial charge in [-0.15, -0.1) is 0 Å². The molecule has 0 saturated carbocycles. The SMILES string of the molecule is CC1=CN(C)C(c2cc(Oc3ccc(F)cc3F)ccc2NS(C)(=O)=O)C(=O)C1. The number of ether oxygens (including phenoxy) is 1. The minimum absolute atomic E-state index is 0.117. The van der Waals surface area contributed by atoms with Crippen molar-refractivity contribution < 1.29 is 26.7 Å². The summed E-state index contributed by atoms with van der Waals surface area (Å²) in [6, 6.07) is 6.52. The lowest BCUT2D eigenvalue weighted by Gasteiger charge is -2.32. The number of hydrogen-bond acceptors (Lipinski definition) is 5. The number of benzene rings is 2. The first kappa shape index (κ1) is 20.8. The van der Waals surface area contributed by atoms with Crippen molar-refractivity contribution in [1.82, 2.24) is 4.90 Å². The summed E-state index contributed by atoms with van der Waals surface area (Å²) in [5.41, 5.74) is 1.47. The number of nitrogens with one attached hydrogen (secondary N) is 1. The van der Waals surface area contributed by atoms with E-state index >= 15 is 0 Å². The Balaban J connectivity index is 2.05. The predicted octanol–water partition coefficient (Wildman–Crippen LogP) is 3.98. The van der Waals surface area contributed by atoms with Gasteiger partial charge in [0.25, 0.3) is 0 Å². The van der Waals surface area contributed by atoms with Crippen LogP contribution in [0.3, 0.4) is 0 Å². The summed E-state index contributed by atoms with van der Waals surface area (Å²) in [5.74, 6) is -1.75. The standard InChI is InChI=1S/C20H20F2N2O4S/c1-12-8-18(25)20(24(2)11-12)15-10-14(5-6-17(15)23-29(3,26)27)28-19-7-4-13(21)9-16(19)22/h4-7,9-11,20,23H,8H2,1-3H3. The maximum atomic E-state index is 13.9. The van der Waals surface area contributed by atoms with E-state index in [2.05, 4.69) is 4.72 Å². The van der Waals surface area contributed by atoms with Crippen LogP contribution in [0.5, 0.6) is 11.5 Å². The lowest BCUT2D eigenvalue weighted by atomic mass is 9.93. The molecule has 2 aromatic rings. The number of rotatable bonds is 5. The van der Waals surface area contributed by atoms with Crippen LogP contribution >= 0.6 is 0 Å². The Hall–Kier alpha value is -2.94. The highest BCUT2D eigenvalue weighted by molar-refractivity contribution is 7.92. The van der Waals surface area contributed by atoms with Crippen LogP contribution in [0.2, 0.25) is 0 Å². The topological polar surface area (TPSA) is 75.7 Å². The normalized spacial score (nSPS) is 17.1. The minimum atomic E-state index is -3.61. The molecule has 1 aliphatic rings. The monoisotopic (exact) mass is 422 g/mol. The molecule has 6 nitrogen and oxygen atoms in total. The van der Waals surface area contributed by atoms with Gasteiger partial charge in [0.15, 0.2) is 17.3 Å². The number of sulfonamides is 1. The molecule has 154 valence electrons. The first-order chi connectivity index (χ1) is 13.5. The molecule has 1 N–H and O–H groups in total. The fraction of sp³-hybridized carbons (Fsp3) is 0.250. The Labute approximate surface area is 167 Å². The van der Waals surface area contributed by atoms with Gasteiger partial charge in [0, 0.05) is 25.1 Å². The molecule has 0 aromatic heterocycles. The molecule has 29 heavy (non-hydrogen) atoms. The highest BCUT2D eigenvalue weighted by Gasteiger charge is 2.30. The van der Waals surface area contributed by atoms with Crippen molar-refractivity contribution in [2.75, 3.05) is 18.0 Å². The molecule has 0 fully saturated rings. The molecule has 2 aromatic carbocycles. The number of nitrogens with zero attached hydrogens (tertiary/aromatic N) is 1. The zero-order valence-electron chi connectivity index (χ0n) is 16.1. The fourth-order valence-corrected chi connectivity index (χ4v) is 3.85. The largest absolute Gasteiger partial charge is 0.454 e.